The molecule has 2 N–H and O–H groups in total. The summed E-state index contributed by atoms with van der Waals surface area (Å²) in [4.78, 5) is 18.6. The lowest BCUT2D eigenvalue weighted by Crippen LogP contribution is -2.34. The van der Waals surface area contributed by atoms with Crippen molar-refractivity contribution in [3.05, 3.63) is 36.5 Å². The number of pyridine rings is 1. The van der Waals surface area contributed by atoms with Crippen molar-refractivity contribution in [1.82, 2.24) is 15.2 Å². The van der Waals surface area contributed by atoms with Gasteiger partial charge in [-0.15, -0.1) is 0 Å². The maximum Gasteiger partial charge on any atom is 0.319 e. The van der Waals surface area contributed by atoms with Gasteiger partial charge in [0.1, 0.15) is 0 Å². The normalized spacial score (nSPS) is 18.5. The average Bonchev–Trinajstić information content (AvgIpc) is 2.92. The van der Waals surface area contributed by atoms with E-state index >= 15 is 0 Å². The SMILES string of the molecule is CN1CCC[C@@H]1CCNC(=O)Nc1ccc2ncccc2c1. The van der Waals surface area contributed by atoms with E-state index in [2.05, 4.69) is 27.6 Å². The van der Waals surface area contributed by atoms with Crippen molar-refractivity contribution in [2.75, 3.05) is 25.5 Å². The van der Waals surface area contributed by atoms with Crippen LogP contribution in [0.2, 0.25) is 0 Å². The molecule has 5 nitrogen and oxygen atoms in total. The Kier molecular flexibility index (Phi) is 4.53. The lowest BCUT2D eigenvalue weighted by Gasteiger charge is -2.19. The summed E-state index contributed by atoms with van der Waals surface area (Å²) in [5, 5.41) is 6.83. The van der Waals surface area contributed by atoms with Crippen molar-refractivity contribution in [3.63, 3.8) is 0 Å². The molecule has 1 saturated heterocycles. The fourth-order valence-electron chi connectivity index (χ4n) is 3.02. The van der Waals surface area contributed by atoms with Crippen molar-refractivity contribution >= 4 is 22.6 Å². The summed E-state index contributed by atoms with van der Waals surface area (Å²) in [5.41, 5.74) is 1.72. The van der Waals surface area contributed by atoms with E-state index in [1.807, 2.05) is 30.3 Å². The highest BCUT2D eigenvalue weighted by molar-refractivity contribution is 5.92. The molecule has 0 unspecified atom stereocenters. The number of urea groups is 1. The minimum atomic E-state index is -0.149. The first kappa shape index (κ1) is 14.8. The molecule has 3 rings (SSSR count). The summed E-state index contributed by atoms with van der Waals surface area (Å²) in [6.45, 7) is 1.87. The molecule has 22 heavy (non-hydrogen) atoms. The molecule has 1 aliphatic rings. The predicted octanol–water partition coefficient (Wildman–Crippen LogP) is 2.84. The number of hydrogen-bond donors (Lipinski definition) is 2. The van der Waals surface area contributed by atoms with Gasteiger partial charge in [-0.2, -0.15) is 0 Å². The topological polar surface area (TPSA) is 57.3 Å². The Balaban J connectivity index is 1.50. The van der Waals surface area contributed by atoms with Crippen LogP contribution in [-0.2, 0) is 0 Å². The van der Waals surface area contributed by atoms with E-state index in [9.17, 15) is 4.79 Å². The number of anilines is 1. The number of hydrogen-bond acceptors (Lipinski definition) is 3. The molecule has 1 aliphatic heterocycles. The molecular weight excluding hydrogens is 276 g/mol. The molecule has 1 aromatic carbocycles. The van der Waals surface area contributed by atoms with Crippen molar-refractivity contribution in [1.29, 1.82) is 0 Å². The second-order valence-corrected chi connectivity index (χ2v) is 5.86. The lowest BCUT2D eigenvalue weighted by molar-refractivity contribution is 0.249. The number of nitrogens with zero attached hydrogens (tertiary/aromatic N) is 2. The molecule has 1 atom stereocenters. The van der Waals surface area contributed by atoms with E-state index in [1.54, 1.807) is 6.20 Å². The highest BCUT2D eigenvalue weighted by Crippen LogP contribution is 2.18. The molecule has 5 heteroatoms. The molecular formula is C17H22N4O. The zero-order valence-electron chi connectivity index (χ0n) is 12.9. The van der Waals surface area contributed by atoms with E-state index < -0.39 is 0 Å². The minimum absolute atomic E-state index is 0.149. The van der Waals surface area contributed by atoms with E-state index in [0.717, 1.165) is 23.0 Å². The van der Waals surface area contributed by atoms with Crippen LogP contribution < -0.4 is 10.6 Å². The maximum atomic E-state index is 12.0. The Labute approximate surface area is 130 Å². The predicted molar refractivity (Wildman–Crippen MR) is 89.0 cm³/mol. The van der Waals surface area contributed by atoms with Crippen LogP contribution in [-0.4, -0.2) is 42.1 Å². The highest BCUT2D eigenvalue weighted by atomic mass is 16.2. The number of carbonyl (C=O) groups excluding carboxylic acids is 1. The van der Waals surface area contributed by atoms with Gasteiger partial charge in [-0.3, -0.25) is 4.98 Å². The molecule has 2 heterocycles. The standard InChI is InChI=1S/C17H22N4O/c1-21-11-3-5-15(21)8-10-19-17(22)20-14-6-7-16-13(12-14)4-2-9-18-16/h2,4,6-7,9,12,15H,3,5,8,10-11H2,1H3,(H2,19,20,22)/t15-/m1/s1. The third-order valence-electron chi connectivity index (χ3n) is 4.30. The molecule has 116 valence electrons. The Morgan fingerprint density at radius 2 is 2.32 bits per heavy atom. The molecule has 0 bridgehead atoms. The van der Waals surface area contributed by atoms with Gasteiger partial charge >= 0.3 is 6.03 Å². The molecule has 0 aliphatic carbocycles. The van der Waals surface area contributed by atoms with Crippen LogP contribution in [0.3, 0.4) is 0 Å². The summed E-state index contributed by atoms with van der Waals surface area (Å²) in [6, 6.07) is 10.1. The Morgan fingerprint density at radius 1 is 1.41 bits per heavy atom. The average molecular weight is 298 g/mol. The molecule has 0 saturated carbocycles. The van der Waals surface area contributed by atoms with Gasteiger partial charge < -0.3 is 15.5 Å². The van der Waals surface area contributed by atoms with Gasteiger partial charge in [-0.05, 0) is 57.1 Å². The molecule has 2 amide bonds. The smallest absolute Gasteiger partial charge is 0.319 e. The van der Waals surface area contributed by atoms with Gasteiger partial charge in [-0.1, -0.05) is 6.07 Å². The van der Waals surface area contributed by atoms with Crippen LogP contribution in [0.1, 0.15) is 19.3 Å². The molecule has 2 aromatic rings. The van der Waals surface area contributed by atoms with E-state index in [0.29, 0.717) is 12.6 Å². The van der Waals surface area contributed by atoms with Crippen LogP contribution in [0.5, 0.6) is 0 Å². The van der Waals surface area contributed by atoms with E-state index in [1.165, 1.54) is 19.4 Å². The maximum absolute atomic E-state index is 12.0. The van der Waals surface area contributed by atoms with Crippen molar-refractivity contribution in [3.8, 4) is 0 Å². The van der Waals surface area contributed by atoms with Crippen molar-refractivity contribution in [2.24, 2.45) is 0 Å². The van der Waals surface area contributed by atoms with Gasteiger partial charge in [0, 0.05) is 29.9 Å². The van der Waals surface area contributed by atoms with Gasteiger partial charge in [0.2, 0.25) is 0 Å². The van der Waals surface area contributed by atoms with Crippen LogP contribution >= 0.6 is 0 Å². The van der Waals surface area contributed by atoms with Gasteiger partial charge in [0.25, 0.3) is 0 Å². The van der Waals surface area contributed by atoms with Gasteiger partial charge in [0.05, 0.1) is 5.52 Å². The summed E-state index contributed by atoms with van der Waals surface area (Å²) < 4.78 is 0. The number of carbonyl (C=O) groups is 1. The fraction of sp³-hybridized carbons (Fsp3) is 0.412. The first-order chi connectivity index (χ1) is 10.7. The Morgan fingerprint density at radius 3 is 3.14 bits per heavy atom. The number of aromatic nitrogens is 1. The third kappa shape index (κ3) is 3.54. The second kappa shape index (κ2) is 6.75. The number of amides is 2. The van der Waals surface area contributed by atoms with Crippen LogP contribution in [0.25, 0.3) is 10.9 Å². The number of nitrogens with one attached hydrogen (secondary N) is 2. The number of rotatable bonds is 4. The van der Waals surface area contributed by atoms with Gasteiger partial charge in [-0.25, -0.2) is 4.79 Å². The number of likely N-dealkylation sites (tertiary alicyclic amines) is 1. The highest BCUT2D eigenvalue weighted by Gasteiger charge is 2.20. The third-order valence-corrected chi connectivity index (χ3v) is 4.30. The zero-order chi connectivity index (χ0) is 15.4. The van der Waals surface area contributed by atoms with Crippen molar-refractivity contribution in [2.45, 2.75) is 25.3 Å². The molecule has 1 aromatic heterocycles. The van der Waals surface area contributed by atoms with Crippen LogP contribution in [0, 0.1) is 0 Å². The summed E-state index contributed by atoms with van der Waals surface area (Å²) in [6.07, 6.45) is 5.27. The van der Waals surface area contributed by atoms with Crippen molar-refractivity contribution < 1.29 is 4.79 Å². The Bertz CT molecular complexity index is 658. The quantitative estimate of drug-likeness (QED) is 0.912. The minimum Gasteiger partial charge on any atom is -0.338 e. The summed E-state index contributed by atoms with van der Waals surface area (Å²) in [5.74, 6) is 0. The zero-order valence-corrected chi connectivity index (χ0v) is 12.9. The van der Waals surface area contributed by atoms with Gasteiger partial charge in [0.15, 0.2) is 0 Å². The molecule has 0 spiro atoms. The summed E-state index contributed by atoms with van der Waals surface area (Å²) in [7, 11) is 2.15. The first-order valence-corrected chi connectivity index (χ1v) is 7.82. The lowest BCUT2D eigenvalue weighted by atomic mass is 10.1. The first-order valence-electron chi connectivity index (χ1n) is 7.82. The molecule has 1 fully saturated rings. The number of fused-ring (bicyclic) bond motifs is 1. The number of benzene rings is 1. The van der Waals surface area contributed by atoms with E-state index in [4.69, 9.17) is 0 Å². The Hall–Kier alpha value is -2.14. The summed E-state index contributed by atoms with van der Waals surface area (Å²) >= 11 is 0. The fourth-order valence-corrected chi connectivity index (χ4v) is 3.02. The van der Waals surface area contributed by atoms with E-state index in [-0.39, 0.29) is 6.03 Å². The molecule has 0 radical (unpaired) electrons. The van der Waals surface area contributed by atoms with Crippen LogP contribution in [0.4, 0.5) is 10.5 Å². The second-order valence-electron chi connectivity index (χ2n) is 5.86. The van der Waals surface area contributed by atoms with Crippen LogP contribution in [0.15, 0.2) is 36.5 Å². The largest absolute Gasteiger partial charge is 0.338 e. The monoisotopic (exact) mass is 298 g/mol.